The van der Waals surface area contributed by atoms with E-state index in [1.807, 2.05) is 18.2 Å². The number of nitrogens with zero attached hydrogens (tertiary/aromatic N) is 2. The van der Waals surface area contributed by atoms with E-state index in [9.17, 15) is 13.2 Å². The summed E-state index contributed by atoms with van der Waals surface area (Å²) in [6.07, 6.45) is -2.57. The molecule has 1 N–H and O–H groups in total. The van der Waals surface area contributed by atoms with Crippen LogP contribution in [0.5, 0.6) is 11.5 Å². The number of rotatable bonds is 12. The van der Waals surface area contributed by atoms with Crippen molar-refractivity contribution in [1.29, 1.82) is 0 Å². The quantitative estimate of drug-likeness (QED) is 0.303. The Morgan fingerprint density at radius 1 is 0.872 bits per heavy atom. The molecular formula is C31H38F3N3O2. The number of halogens is 3. The van der Waals surface area contributed by atoms with Gasteiger partial charge in [0.2, 0.25) is 0 Å². The van der Waals surface area contributed by atoms with Crippen molar-refractivity contribution in [2.75, 3.05) is 51.3 Å². The van der Waals surface area contributed by atoms with Crippen LogP contribution in [0.4, 0.5) is 18.9 Å². The summed E-state index contributed by atoms with van der Waals surface area (Å²) < 4.78 is 49.9. The first-order valence-corrected chi connectivity index (χ1v) is 13.5. The number of benzene rings is 3. The van der Waals surface area contributed by atoms with E-state index in [0.29, 0.717) is 13.2 Å². The second kappa shape index (κ2) is 13.7. The van der Waals surface area contributed by atoms with Crippen LogP contribution >= 0.6 is 0 Å². The number of hydrogen-bond donors (Lipinski definition) is 1. The smallest absolute Gasteiger partial charge is 0.416 e. The van der Waals surface area contributed by atoms with E-state index in [1.165, 1.54) is 17.8 Å². The van der Waals surface area contributed by atoms with Crippen LogP contribution in [0, 0.1) is 0 Å². The minimum atomic E-state index is -4.31. The predicted octanol–water partition coefficient (Wildman–Crippen LogP) is 6.03. The van der Waals surface area contributed by atoms with Crippen LogP contribution in [0.15, 0.2) is 72.8 Å². The van der Waals surface area contributed by atoms with Gasteiger partial charge in [-0.3, -0.25) is 4.90 Å². The van der Waals surface area contributed by atoms with E-state index in [4.69, 9.17) is 9.47 Å². The number of piperazine rings is 1. The number of para-hydroxylation sites is 1. The van der Waals surface area contributed by atoms with Crippen molar-refractivity contribution in [2.45, 2.75) is 38.5 Å². The van der Waals surface area contributed by atoms with E-state index in [0.717, 1.165) is 80.3 Å². The fourth-order valence-corrected chi connectivity index (χ4v) is 4.73. The molecule has 3 aromatic rings. The molecule has 3 aromatic carbocycles. The molecule has 8 heteroatoms. The molecule has 0 bridgehead atoms. The molecule has 1 fully saturated rings. The molecule has 1 aliphatic rings. The summed E-state index contributed by atoms with van der Waals surface area (Å²) in [6, 6.07) is 22.1. The van der Waals surface area contributed by atoms with Gasteiger partial charge >= 0.3 is 6.18 Å². The molecule has 1 atom stereocenters. The lowest BCUT2D eigenvalue weighted by molar-refractivity contribution is -0.137. The molecule has 4 rings (SSSR count). The first-order chi connectivity index (χ1) is 18.8. The maximum absolute atomic E-state index is 12.7. The third-order valence-corrected chi connectivity index (χ3v) is 7.19. The first kappa shape index (κ1) is 28.8. The Kier molecular flexibility index (Phi) is 10.1. The van der Waals surface area contributed by atoms with Crippen LogP contribution in [-0.2, 0) is 19.1 Å². The molecule has 0 saturated carbocycles. The van der Waals surface area contributed by atoms with Crippen LogP contribution in [0.1, 0.15) is 30.0 Å². The Hall–Kier alpha value is -3.23. The van der Waals surface area contributed by atoms with Crippen molar-refractivity contribution in [1.82, 2.24) is 10.2 Å². The molecule has 1 unspecified atom stereocenters. The molecule has 5 nitrogen and oxygen atoms in total. The van der Waals surface area contributed by atoms with Gasteiger partial charge in [0.05, 0.1) is 12.7 Å². The van der Waals surface area contributed by atoms with Gasteiger partial charge in [-0.05, 0) is 67.3 Å². The number of nitrogens with one attached hydrogen (secondary N) is 1. The van der Waals surface area contributed by atoms with E-state index in [-0.39, 0.29) is 6.04 Å². The van der Waals surface area contributed by atoms with Gasteiger partial charge in [-0.15, -0.1) is 0 Å². The lowest BCUT2D eigenvalue weighted by Gasteiger charge is -2.36. The van der Waals surface area contributed by atoms with E-state index in [1.54, 1.807) is 7.11 Å². The molecule has 1 saturated heterocycles. The SMILES string of the molecule is COc1cc(CCC(C)NCc2ccc(C(F)(F)F)cc2)ccc1OCCN1CCN(c2ccccc2)CC1. The van der Waals surface area contributed by atoms with Crippen molar-refractivity contribution >= 4 is 5.69 Å². The molecule has 1 heterocycles. The Labute approximate surface area is 229 Å². The average molecular weight is 542 g/mol. The van der Waals surface area contributed by atoms with Crippen LogP contribution < -0.4 is 19.7 Å². The van der Waals surface area contributed by atoms with Crippen LogP contribution in [-0.4, -0.2) is 57.4 Å². The van der Waals surface area contributed by atoms with Crippen LogP contribution in [0.3, 0.4) is 0 Å². The Bertz CT molecular complexity index is 1150. The number of alkyl halides is 3. The summed E-state index contributed by atoms with van der Waals surface area (Å²) in [7, 11) is 1.66. The zero-order valence-electron chi connectivity index (χ0n) is 22.7. The molecule has 0 amide bonds. The van der Waals surface area contributed by atoms with Gasteiger partial charge in [0.25, 0.3) is 0 Å². The number of methoxy groups -OCH3 is 1. The van der Waals surface area contributed by atoms with Crippen molar-refractivity contribution in [2.24, 2.45) is 0 Å². The van der Waals surface area contributed by atoms with Gasteiger partial charge in [0, 0.05) is 51.0 Å². The highest BCUT2D eigenvalue weighted by molar-refractivity contribution is 5.46. The number of anilines is 1. The van der Waals surface area contributed by atoms with Crippen LogP contribution in [0.2, 0.25) is 0 Å². The maximum Gasteiger partial charge on any atom is 0.416 e. The van der Waals surface area contributed by atoms with E-state index in [2.05, 4.69) is 52.4 Å². The zero-order valence-corrected chi connectivity index (χ0v) is 22.7. The summed E-state index contributed by atoms with van der Waals surface area (Å²) in [5.41, 5.74) is 2.64. The Morgan fingerprint density at radius 3 is 2.23 bits per heavy atom. The van der Waals surface area contributed by atoms with Crippen molar-refractivity contribution in [3.05, 3.63) is 89.5 Å². The number of hydrogen-bond acceptors (Lipinski definition) is 5. The Balaban J connectivity index is 1.17. The lowest BCUT2D eigenvalue weighted by Crippen LogP contribution is -2.47. The topological polar surface area (TPSA) is 37.0 Å². The summed E-state index contributed by atoms with van der Waals surface area (Å²) in [5, 5.41) is 3.39. The van der Waals surface area contributed by atoms with Gasteiger partial charge in [0.15, 0.2) is 11.5 Å². The minimum absolute atomic E-state index is 0.205. The number of aryl methyl sites for hydroxylation is 1. The largest absolute Gasteiger partial charge is 0.493 e. The van der Waals surface area contributed by atoms with E-state index >= 15 is 0 Å². The van der Waals surface area contributed by atoms with Gasteiger partial charge in [0.1, 0.15) is 6.61 Å². The standard InChI is InChI=1S/C31H38F3N3O2/c1-24(35-23-26-10-13-27(14-11-26)31(32,33)34)8-9-25-12-15-29(30(22-25)38-2)39-21-20-36-16-18-37(19-17-36)28-6-4-3-5-7-28/h3-7,10-15,22,24,35H,8-9,16-21,23H2,1-2H3. The summed E-state index contributed by atoms with van der Waals surface area (Å²) in [4.78, 5) is 4.85. The molecule has 0 aliphatic carbocycles. The maximum atomic E-state index is 12.7. The Morgan fingerprint density at radius 2 is 1.56 bits per heavy atom. The third-order valence-electron chi connectivity index (χ3n) is 7.19. The van der Waals surface area contributed by atoms with E-state index < -0.39 is 11.7 Å². The fraction of sp³-hybridized carbons (Fsp3) is 0.419. The second-order valence-electron chi connectivity index (χ2n) is 10.0. The van der Waals surface area contributed by atoms with Gasteiger partial charge in [-0.2, -0.15) is 13.2 Å². The summed E-state index contributed by atoms with van der Waals surface area (Å²) in [6.45, 7) is 8.13. The molecule has 0 radical (unpaired) electrons. The predicted molar refractivity (Wildman–Crippen MR) is 150 cm³/mol. The number of ether oxygens (including phenoxy) is 2. The molecule has 0 spiro atoms. The van der Waals surface area contributed by atoms with Gasteiger partial charge in [-0.25, -0.2) is 0 Å². The van der Waals surface area contributed by atoms with Crippen molar-refractivity contribution < 1.29 is 22.6 Å². The molecule has 1 aliphatic heterocycles. The molecule has 39 heavy (non-hydrogen) atoms. The highest BCUT2D eigenvalue weighted by Gasteiger charge is 2.29. The highest BCUT2D eigenvalue weighted by Crippen LogP contribution is 2.30. The monoisotopic (exact) mass is 541 g/mol. The molecular weight excluding hydrogens is 503 g/mol. The third kappa shape index (κ3) is 8.63. The molecule has 0 aromatic heterocycles. The van der Waals surface area contributed by atoms with Crippen LogP contribution in [0.25, 0.3) is 0 Å². The fourth-order valence-electron chi connectivity index (χ4n) is 4.73. The summed E-state index contributed by atoms with van der Waals surface area (Å²) in [5.74, 6) is 1.48. The second-order valence-corrected chi connectivity index (χ2v) is 10.0. The summed E-state index contributed by atoms with van der Waals surface area (Å²) >= 11 is 0. The van der Waals surface area contributed by atoms with Gasteiger partial charge < -0.3 is 19.7 Å². The van der Waals surface area contributed by atoms with Crippen molar-refractivity contribution in [3.8, 4) is 11.5 Å². The molecule has 210 valence electrons. The zero-order chi connectivity index (χ0) is 27.7. The minimum Gasteiger partial charge on any atom is -0.493 e. The normalized spacial score (nSPS) is 15.3. The lowest BCUT2D eigenvalue weighted by atomic mass is 10.0. The average Bonchev–Trinajstić information content (AvgIpc) is 2.96. The first-order valence-electron chi connectivity index (χ1n) is 13.5. The highest BCUT2D eigenvalue weighted by atomic mass is 19.4. The van der Waals surface area contributed by atoms with Gasteiger partial charge in [-0.1, -0.05) is 36.4 Å². The van der Waals surface area contributed by atoms with Crippen molar-refractivity contribution in [3.63, 3.8) is 0 Å².